The fourth-order valence-electron chi connectivity index (χ4n) is 1.46. The highest BCUT2D eigenvalue weighted by Gasteiger charge is 2.61. The number of esters is 1. The monoisotopic (exact) mass is 309 g/mol. The molecule has 9 heteroatoms. The van der Waals surface area contributed by atoms with Gasteiger partial charge in [-0.1, -0.05) is 6.07 Å². The zero-order valence-electron chi connectivity index (χ0n) is 10.7. The summed E-state index contributed by atoms with van der Waals surface area (Å²) in [5.41, 5.74) is -4.09. The van der Waals surface area contributed by atoms with Crippen LogP contribution in [-0.2, 0) is 14.3 Å². The van der Waals surface area contributed by atoms with Crippen LogP contribution in [0.4, 0.5) is 23.2 Å². The van der Waals surface area contributed by atoms with Crippen molar-refractivity contribution in [2.45, 2.75) is 18.2 Å². The molecule has 1 rings (SSSR count). The van der Waals surface area contributed by atoms with Crippen molar-refractivity contribution in [2.75, 3.05) is 12.4 Å². The summed E-state index contributed by atoms with van der Waals surface area (Å²) in [6.07, 6.45) is -7.01. The third-order valence-corrected chi connectivity index (χ3v) is 2.52. The van der Waals surface area contributed by atoms with Crippen LogP contribution in [0.1, 0.15) is 6.42 Å². The van der Waals surface area contributed by atoms with Gasteiger partial charge in [-0.25, -0.2) is 9.18 Å². The van der Waals surface area contributed by atoms with E-state index in [0.29, 0.717) is 7.11 Å². The van der Waals surface area contributed by atoms with Crippen LogP contribution in [0.5, 0.6) is 0 Å². The van der Waals surface area contributed by atoms with E-state index in [1.54, 1.807) is 0 Å². The second-order valence-electron chi connectivity index (χ2n) is 4.08. The van der Waals surface area contributed by atoms with E-state index in [1.165, 1.54) is 12.1 Å². The lowest BCUT2D eigenvalue weighted by Gasteiger charge is -2.26. The molecule has 0 aliphatic rings. The zero-order valence-corrected chi connectivity index (χ0v) is 10.7. The maximum Gasteiger partial charge on any atom is 0.428 e. The molecule has 0 aromatic heterocycles. The summed E-state index contributed by atoms with van der Waals surface area (Å²) in [6.45, 7) is 0. The number of carbonyl (C=O) groups excluding carboxylic acids is 2. The molecule has 5 nitrogen and oxygen atoms in total. The summed E-state index contributed by atoms with van der Waals surface area (Å²) in [4.78, 5) is 22.6. The number of amides is 1. The van der Waals surface area contributed by atoms with Gasteiger partial charge in [-0.05, 0) is 18.2 Å². The Morgan fingerprint density at radius 2 is 1.95 bits per heavy atom. The van der Waals surface area contributed by atoms with Gasteiger partial charge in [-0.3, -0.25) is 4.79 Å². The van der Waals surface area contributed by atoms with Crippen molar-refractivity contribution >= 4 is 17.6 Å². The number of hydrogen-bond acceptors (Lipinski definition) is 4. The molecule has 1 aromatic carbocycles. The lowest BCUT2D eigenvalue weighted by molar-refractivity contribution is -0.261. The Bertz CT molecular complexity index is 546. The molecular weight excluding hydrogens is 298 g/mol. The summed E-state index contributed by atoms with van der Waals surface area (Å²) in [6, 6.07) is 4.38. The molecule has 0 spiro atoms. The summed E-state index contributed by atoms with van der Waals surface area (Å²) in [5.74, 6) is -4.05. The van der Waals surface area contributed by atoms with Crippen molar-refractivity contribution < 1.29 is 37.0 Å². The van der Waals surface area contributed by atoms with Crippen molar-refractivity contribution in [3.63, 3.8) is 0 Å². The first-order chi connectivity index (χ1) is 9.60. The number of rotatable bonds is 4. The lowest BCUT2D eigenvalue weighted by Crippen LogP contribution is -2.54. The minimum atomic E-state index is -5.40. The standard InChI is InChI=1S/C12H11F4NO4/c1-21-10(19)11(20,12(14,15)16)6-9(18)17-8-4-2-3-7(13)5-8/h2-5,20H,6H2,1H3,(H,17,18)/t11-/m0/s1. The van der Waals surface area contributed by atoms with Gasteiger partial charge in [0.2, 0.25) is 5.91 Å². The molecule has 0 radical (unpaired) electrons. The van der Waals surface area contributed by atoms with E-state index >= 15 is 0 Å². The van der Waals surface area contributed by atoms with Gasteiger partial charge in [0.25, 0.3) is 5.60 Å². The molecular formula is C12H11F4NO4. The van der Waals surface area contributed by atoms with Crippen LogP contribution >= 0.6 is 0 Å². The minimum absolute atomic E-state index is 0.116. The maximum absolute atomic E-state index is 12.9. The number of methoxy groups -OCH3 is 1. The van der Waals surface area contributed by atoms with Gasteiger partial charge >= 0.3 is 12.1 Å². The fraction of sp³-hybridized carbons (Fsp3) is 0.333. The van der Waals surface area contributed by atoms with Crippen molar-refractivity contribution in [3.05, 3.63) is 30.1 Å². The molecule has 116 valence electrons. The van der Waals surface area contributed by atoms with Crippen LogP contribution in [0.25, 0.3) is 0 Å². The van der Waals surface area contributed by atoms with Crippen LogP contribution in [0.15, 0.2) is 24.3 Å². The third kappa shape index (κ3) is 3.91. The molecule has 0 aliphatic carbocycles. The quantitative estimate of drug-likeness (QED) is 0.654. The van der Waals surface area contributed by atoms with E-state index in [4.69, 9.17) is 0 Å². The van der Waals surface area contributed by atoms with Crippen molar-refractivity contribution in [1.82, 2.24) is 0 Å². The van der Waals surface area contributed by atoms with Gasteiger partial charge < -0.3 is 15.2 Å². The van der Waals surface area contributed by atoms with Gasteiger partial charge in [-0.15, -0.1) is 0 Å². The van der Waals surface area contributed by atoms with E-state index in [0.717, 1.165) is 12.1 Å². The SMILES string of the molecule is COC(=O)[C@@](O)(CC(=O)Nc1cccc(F)c1)C(F)(F)F. The van der Waals surface area contributed by atoms with Gasteiger partial charge in [0.15, 0.2) is 0 Å². The fourth-order valence-corrected chi connectivity index (χ4v) is 1.46. The Morgan fingerprint density at radius 3 is 2.43 bits per heavy atom. The van der Waals surface area contributed by atoms with Gasteiger partial charge in [-0.2, -0.15) is 13.2 Å². The lowest BCUT2D eigenvalue weighted by atomic mass is 9.98. The van der Waals surface area contributed by atoms with E-state index in [1.807, 2.05) is 5.32 Å². The minimum Gasteiger partial charge on any atom is -0.467 e. The van der Waals surface area contributed by atoms with Crippen LogP contribution in [0, 0.1) is 5.82 Å². The first kappa shape index (κ1) is 16.9. The average Bonchev–Trinajstić information content (AvgIpc) is 2.36. The van der Waals surface area contributed by atoms with E-state index in [2.05, 4.69) is 4.74 Å². The normalized spacial score (nSPS) is 14.2. The number of ether oxygens (including phenoxy) is 1. The third-order valence-electron chi connectivity index (χ3n) is 2.52. The predicted molar refractivity (Wildman–Crippen MR) is 62.7 cm³/mol. The molecule has 1 amide bonds. The Balaban J connectivity index is 2.90. The summed E-state index contributed by atoms with van der Waals surface area (Å²) < 4.78 is 54.9. The van der Waals surface area contributed by atoms with E-state index in [9.17, 15) is 32.3 Å². The molecule has 1 aromatic rings. The van der Waals surface area contributed by atoms with Gasteiger partial charge in [0.05, 0.1) is 13.5 Å². The second-order valence-corrected chi connectivity index (χ2v) is 4.08. The molecule has 0 heterocycles. The van der Waals surface area contributed by atoms with Gasteiger partial charge in [0, 0.05) is 5.69 Å². The summed E-state index contributed by atoms with van der Waals surface area (Å²) in [5, 5.41) is 11.3. The molecule has 0 saturated carbocycles. The Morgan fingerprint density at radius 1 is 1.33 bits per heavy atom. The van der Waals surface area contributed by atoms with E-state index in [-0.39, 0.29) is 5.69 Å². The predicted octanol–water partition coefficient (Wildman–Crippen LogP) is 1.62. The molecule has 0 bridgehead atoms. The second kappa shape index (κ2) is 6.08. The average molecular weight is 309 g/mol. The smallest absolute Gasteiger partial charge is 0.428 e. The maximum atomic E-state index is 12.9. The van der Waals surface area contributed by atoms with Crippen molar-refractivity contribution in [2.24, 2.45) is 0 Å². The van der Waals surface area contributed by atoms with Crippen LogP contribution in [0.2, 0.25) is 0 Å². The molecule has 1 atom stereocenters. The number of anilines is 1. The van der Waals surface area contributed by atoms with Crippen molar-refractivity contribution in [1.29, 1.82) is 0 Å². The number of aliphatic hydroxyl groups is 1. The Labute approximate surface area is 116 Å². The van der Waals surface area contributed by atoms with Crippen LogP contribution < -0.4 is 5.32 Å². The number of nitrogens with one attached hydrogen (secondary N) is 1. The molecule has 2 N–H and O–H groups in total. The van der Waals surface area contributed by atoms with Crippen LogP contribution in [-0.4, -0.2) is 35.9 Å². The number of halogens is 4. The first-order valence-corrected chi connectivity index (χ1v) is 5.53. The summed E-state index contributed by atoms with van der Waals surface area (Å²) in [7, 11) is 0.642. The first-order valence-electron chi connectivity index (χ1n) is 5.53. The molecule has 0 aliphatic heterocycles. The highest BCUT2D eigenvalue weighted by Crippen LogP contribution is 2.34. The largest absolute Gasteiger partial charge is 0.467 e. The Hall–Kier alpha value is -2.16. The van der Waals surface area contributed by atoms with Crippen LogP contribution in [0.3, 0.4) is 0 Å². The van der Waals surface area contributed by atoms with Crippen molar-refractivity contribution in [3.8, 4) is 0 Å². The van der Waals surface area contributed by atoms with Gasteiger partial charge in [0.1, 0.15) is 5.82 Å². The highest BCUT2D eigenvalue weighted by atomic mass is 19.4. The number of carbonyl (C=O) groups is 2. The number of hydrogen-bond donors (Lipinski definition) is 2. The molecule has 0 unspecified atom stereocenters. The zero-order chi connectivity index (χ0) is 16.3. The number of benzene rings is 1. The molecule has 0 saturated heterocycles. The summed E-state index contributed by atoms with van der Waals surface area (Å²) >= 11 is 0. The molecule has 21 heavy (non-hydrogen) atoms. The topological polar surface area (TPSA) is 75.6 Å². The number of alkyl halides is 3. The molecule has 0 fully saturated rings. The van der Waals surface area contributed by atoms with E-state index < -0.39 is 35.9 Å². The Kier molecular flexibility index (Phi) is 4.89. The highest BCUT2D eigenvalue weighted by molar-refractivity contribution is 5.95.